The Bertz CT molecular complexity index is 690. The number of nitro benzene ring substituents is 1. The molecule has 0 radical (unpaired) electrons. The first-order valence-corrected chi connectivity index (χ1v) is 6.71. The van der Waals surface area contributed by atoms with Crippen LogP contribution in [-0.4, -0.2) is 15.8 Å². The second kappa shape index (κ2) is 5.83. The summed E-state index contributed by atoms with van der Waals surface area (Å²) in [5.41, 5.74) is 4.12. The van der Waals surface area contributed by atoms with E-state index in [-0.39, 0.29) is 11.3 Å². The molecule has 0 saturated heterocycles. The van der Waals surface area contributed by atoms with E-state index in [4.69, 9.17) is 5.73 Å². The van der Waals surface area contributed by atoms with Crippen LogP contribution in [0, 0.1) is 15.9 Å². The van der Waals surface area contributed by atoms with Crippen LogP contribution in [0.3, 0.4) is 0 Å². The number of hydrogen-bond donors (Lipinski definition) is 2. The van der Waals surface area contributed by atoms with E-state index in [2.05, 4.69) is 10.3 Å². The number of carbonyl (C=O) groups is 1. The minimum atomic E-state index is -0.939. The maximum Gasteiger partial charge on any atom is 0.285 e. The third-order valence-corrected chi connectivity index (χ3v) is 3.68. The van der Waals surface area contributed by atoms with Crippen LogP contribution in [0.1, 0.15) is 28.3 Å². The molecule has 21 heavy (non-hydrogen) atoms. The van der Waals surface area contributed by atoms with Gasteiger partial charge in [-0.2, -0.15) is 0 Å². The molecule has 0 saturated carbocycles. The number of hydrogen-bond acceptors (Lipinski definition) is 6. The molecule has 9 heteroatoms. The van der Waals surface area contributed by atoms with Crippen LogP contribution in [-0.2, 0) is 0 Å². The Morgan fingerprint density at radius 1 is 1.57 bits per heavy atom. The van der Waals surface area contributed by atoms with Crippen molar-refractivity contribution in [3.8, 4) is 0 Å². The van der Waals surface area contributed by atoms with Crippen molar-refractivity contribution in [2.75, 3.05) is 5.73 Å². The number of thiazole rings is 1. The summed E-state index contributed by atoms with van der Waals surface area (Å²) in [5.74, 6) is -1.65. The van der Waals surface area contributed by atoms with Gasteiger partial charge in [0, 0.05) is 11.6 Å². The summed E-state index contributed by atoms with van der Waals surface area (Å²) in [4.78, 5) is 26.2. The summed E-state index contributed by atoms with van der Waals surface area (Å²) >= 11 is 1.34. The zero-order valence-electron chi connectivity index (χ0n) is 10.9. The monoisotopic (exact) mass is 310 g/mol. The van der Waals surface area contributed by atoms with Crippen LogP contribution in [0.15, 0.2) is 23.7 Å². The lowest BCUT2D eigenvalue weighted by molar-refractivity contribution is -0.385. The van der Waals surface area contributed by atoms with Gasteiger partial charge in [0.1, 0.15) is 10.6 Å². The van der Waals surface area contributed by atoms with Gasteiger partial charge in [-0.05, 0) is 13.0 Å². The second-order valence-electron chi connectivity index (χ2n) is 4.21. The number of rotatable bonds is 4. The Kier molecular flexibility index (Phi) is 4.13. The second-order valence-corrected chi connectivity index (χ2v) is 5.14. The van der Waals surface area contributed by atoms with E-state index in [1.54, 1.807) is 18.5 Å². The van der Waals surface area contributed by atoms with Crippen molar-refractivity contribution in [1.29, 1.82) is 0 Å². The molecular weight excluding hydrogens is 299 g/mol. The topological polar surface area (TPSA) is 111 Å². The Morgan fingerprint density at radius 2 is 2.29 bits per heavy atom. The van der Waals surface area contributed by atoms with Crippen LogP contribution >= 0.6 is 11.3 Å². The standard InChI is InChI=1S/C12H11FN4O3S/c1-6(12-15-2-3-21-12)16-11(18)7-4-9(14)8(13)5-10(7)17(19)20/h2-6H,14H2,1H3,(H,16,18). The minimum Gasteiger partial charge on any atom is -0.396 e. The van der Waals surface area contributed by atoms with Gasteiger partial charge in [-0.25, -0.2) is 9.37 Å². The number of benzene rings is 1. The van der Waals surface area contributed by atoms with E-state index >= 15 is 0 Å². The average molecular weight is 310 g/mol. The van der Waals surface area contributed by atoms with Gasteiger partial charge in [-0.3, -0.25) is 14.9 Å². The number of nitrogens with one attached hydrogen (secondary N) is 1. The van der Waals surface area contributed by atoms with Crippen molar-refractivity contribution >= 4 is 28.6 Å². The van der Waals surface area contributed by atoms with Crippen LogP contribution in [0.4, 0.5) is 15.8 Å². The van der Waals surface area contributed by atoms with Crippen molar-refractivity contribution in [1.82, 2.24) is 10.3 Å². The molecule has 0 aliphatic carbocycles. The Morgan fingerprint density at radius 3 is 2.86 bits per heavy atom. The number of amides is 1. The highest BCUT2D eigenvalue weighted by Gasteiger charge is 2.24. The predicted molar refractivity (Wildman–Crippen MR) is 75.5 cm³/mol. The molecule has 1 amide bonds. The van der Waals surface area contributed by atoms with Crippen molar-refractivity contribution in [3.63, 3.8) is 0 Å². The number of nitrogen functional groups attached to an aromatic ring is 1. The van der Waals surface area contributed by atoms with E-state index in [1.165, 1.54) is 11.3 Å². The zero-order chi connectivity index (χ0) is 15.6. The van der Waals surface area contributed by atoms with E-state index in [1.807, 2.05) is 0 Å². The van der Waals surface area contributed by atoms with Gasteiger partial charge < -0.3 is 11.1 Å². The van der Waals surface area contributed by atoms with E-state index < -0.39 is 28.4 Å². The van der Waals surface area contributed by atoms with Crippen LogP contribution in [0.5, 0.6) is 0 Å². The van der Waals surface area contributed by atoms with Gasteiger partial charge in [0.25, 0.3) is 11.6 Å². The number of carbonyl (C=O) groups excluding carboxylic acids is 1. The minimum absolute atomic E-state index is 0.290. The highest BCUT2D eigenvalue weighted by atomic mass is 32.1. The maximum atomic E-state index is 13.3. The van der Waals surface area contributed by atoms with Crippen LogP contribution in [0.2, 0.25) is 0 Å². The fourth-order valence-corrected chi connectivity index (χ4v) is 2.34. The quantitative estimate of drug-likeness (QED) is 0.511. The molecular formula is C12H11FN4O3S. The van der Waals surface area contributed by atoms with Gasteiger partial charge in [0.2, 0.25) is 0 Å². The number of anilines is 1. The average Bonchev–Trinajstić information content (AvgIpc) is 2.95. The molecule has 1 heterocycles. The van der Waals surface area contributed by atoms with E-state index in [0.29, 0.717) is 11.1 Å². The molecule has 0 spiro atoms. The summed E-state index contributed by atoms with van der Waals surface area (Å²) in [5, 5.41) is 15.9. The van der Waals surface area contributed by atoms with Crippen molar-refractivity contribution in [2.45, 2.75) is 13.0 Å². The number of nitrogens with zero attached hydrogens (tertiary/aromatic N) is 2. The molecule has 0 bridgehead atoms. The Labute approximate surface area is 122 Å². The van der Waals surface area contributed by atoms with Gasteiger partial charge in [-0.15, -0.1) is 11.3 Å². The largest absolute Gasteiger partial charge is 0.396 e. The summed E-state index contributed by atoms with van der Waals surface area (Å²) in [7, 11) is 0. The fourth-order valence-electron chi connectivity index (χ4n) is 1.70. The Balaban J connectivity index is 2.30. The molecule has 7 nitrogen and oxygen atoms in total. The molecule has 2 aromatic rings. The number of nitro groups is 1. The SMILES string of the molecule is CC(NC(=O)c1cc(N)c(F)cc1[N+](=O)[O-])c1nccs1. The molecule has 1 aromatic carbocycles. The first kappa shape index (κ1) is 14.9. The van der Waals surface area contributed by atoms with Gasteiger partial charge in [0.05, 0.1) is 22.7 Å². The first-order chi connectivity index (χ1) is 9.90. The highest BCUT2D eigenvalue weighted by Crippen LogP contribution is 2.25. The van der Waals surface area contributed by atoms with E-state index in [0.717, 1.165) is 6.07 Å². The predicted octanol–water partition coefficient (Wildman–Crippen LogP) is 2.26. The molecule has 1 unspecified atom stereocenters. The molecule has 0 aliphatic heterocycles. The number of nitrogens with two attached hydrogens (primary N) is 1. The summed E-state index contributed by atoms with van der Waals surface area (Å²) < 4.78 is 13.3. The first-order valence-electron chi connectivity index (χ1n) is 5.83. The molecule has 0 fully saturated rings. The number of aromatic nitrogens is 1. The van der Waals surface area contributed by atoms with Gasteiger partial charge in [0.15, 0.2) is 5.82 Å². The van der Waals surface area contributed by atoms with Crippen molar-refractivity contribution < 1.29 is 14.1 Å². The third kappa shape index (κ3) is 3.14. The molecule has 110 valence electrons. The number of halogens is 1. The molecule has 2 rings (SSSR count). The zero-order valence-corrected chi connectivity index (χ0v) is 11.7. The van der Waals surface area contributed by atoms with Crippen LogP contribution in [0.25, 0.3) is 0 Å². The lowest BCUT2D eigenvalue weighted by Gasteiger charge is -2.12. The smallest absolute Gasteiger partial charge is 0.285 e. The van der Waals surface area contributed by atoms with Gasteiger partial charge in [-0.1, -0.05) is 0 Å². The van der Waals surface area contributed by atoms with Gasteiger partial charge >= 0.3 is 0 Å². The third-order valence-electron chi connectivity index (χ3n) is 2.73. The normalized spacial score (nSPS) is 11.9. The Hall–Kier alpha value is -2.55. The van der Waals surface area contributed by atoms with Crippen molar-refractivity contribution in [2.24, 2.45) is 0 Å². The molecule has 1 aromatic heterocycles. The summed E-state index contributed by atoms with van der Waals surface area (Å²) in [6.45, 7) is 1.69. The fraction of sp³-hybridized carbons (Fsp3) is 0.167. The molecule has 3 N–H and O–H groups in total. The van der Waals surface area contributed by atoms with E-state index in [9.17, 15) is 19.3 Å². The van der Waals surface area contributed by atoms with Crippen LogP contribution < -0.4 is 11.1 Å². The lowest BCUT2D eigenvalue weighted by Crippen LogP contribution is -2.27. The molecule has 1 atom stereocenters. The maximum absolute atomic E-state index is 13.3. The molecule has 0 aliphatic rings. The highest BCUT2D eigenvalue weighted by molar-refractivity contribution is 7.09. The lowest BCUT2D eigenvalue weighted by atomic mass is 10.1. The summed E-state index contributed by atoms with van der Waals surface area (Å²) in [6.07, 6.45) is 1.58. The summed E-state index contributed by atoms with van der Waals surface area (Å²) in [6, 6.07) is 1.17. The van der Waals surface area contributed by atoms with Crippen molar-refractivity contribution in [3.05, 3.63) is 50.2 Å².